The third-order valence-electron chi connectivity index (χ3n) is 10.2. The maximum Gasteiger partial charge on any atom is 0.321 e. The molecule has 1 aliphatic carbocycles. The van der Waals surface area contributed by atoms with Crippen molar-refractivity contribution in [2.75, 3.05) is 0 Å². The number of aryl methyl sites for hydroxylation is 3. The van der Waals surface area contributed by atoms with E-state index in [1.165, 1.54) is 6.92 Å². The second-order valence-electron chi connectivity index (χ2n) is 13.9. The van der Waals surface area contributed by atoms with Gasteiger partial charge in [-0.25, -0.2) is 9.97 Å². The Hall–Kier alpha value is -5.06. The van der Waals surface area contributed by atoms with E-state index in [4.69, 9.17) is 9.84 Å². The summed E-state index contributed by atoms with van der Waals surface area (Å²) in [5, 5.41) is 5.25. The van der Waals surface area contributed by atoms with E-state index in [1.807, 2.05) is 51.1 Å². The van der Waals surface area contributed by atoms with Gasteiger partial charge >= 0.3 is 6.01 Å². The number of benzene rings is 1. The van der Waals surface area contributed by atoms with E-state index >= 15 is 0 Å². The molecule has 0 N–H and O–H groups in total. The van der Waals surface area contributed by atoms with E-state index in [0.717, 1.165) is 34.5 Å². The summed E-state index contributed by atoms with van der Waals surface area (Å²) in [6.45, 7) is 7.04. The average Bonchev–Trinajstić information content (AvgIpc) is 3.47. The van der Waals surface area contributed by atoms with Crippen molar-refractivity contribution in [1.82, 2.24) is 29.6 Å². The number of allylic oxidation sites excluding steroid dienone is 2. The summed E-state index contributed by atoms with van der Waals surface area (Å²) in [5.74, 6) is 0.0895. The number of ether oxygens (including phenoxy) is 1. The number of pyridine rings is 1. The first-order valence-corrected chi connectivity index (χ1v) is 17.0. The van der Waals surface area contributed by atoms with Gasteiger partial charge in [-0.1, -0.05) is 18.2 Å². The fourth-order valence-corrected chi connectivity index (χ4v) is 7.57. The molecule has 4 aromatic rings. The van der Waals surface area contributed by atoms with Gasteiger partial charge < -0.3 is 9.64 Å². The summed E-state index contributed by atoms with van der Waals surface area (Å²) in [7, 11) is 0. The van der Waals surface area contributed by atoms with Gasteiger partial charge in [-0.05, 0) is 93.2 Å². The van der Waals surface area contributed by atoms with Crippen molar-refractivity contribution < 1.29 is 23.9 Å². The highest BCUT2D eigenvalue weighted by molar-refractivity contribution is 6.06. The van der Waals surface area contributed by atoms with Crippen LogP contribution in [-0.2, 0) is 33.8 Å². The number of carbonyl (C=O) groups is 4. The molecule has 11 heteroatoms. The van der Waals surface area contributed by atoms with Crippen molar-refractivity contribution in [3.63, 3.8) is 0 Å². The highest BCUT2D eigenvalue weighted by atomic mass is 16.5. The molecule has 1 saturated carbocycles. The second kappa shape index (κ2) is 12.8. The minimum Gasteiger partial charge on any atom is -0.424 e. The van der Waals surface area contributed by atoms with Gasteiger partial charge in [-0.3, -0.25) is 28.8 Å². The van der Waals surface area contributed by atoms with Crippen LogP contribution in [0.4, 0.5) is 0 Å². The smallest absolute Gasteiger partial charge is 0.321 e. The maximum absolute atomic E-state index is 14.4. The normalized spacial score (nSPS) is 23.0. The SMILES string of the molecule is CC(=O)c1nn2c3c(cc(Oc4ncc(C)cn4)cc13)C/C=C/CCC(=O)CC[C@@]13C[C@@H](C(=O)Cc4nc(C)ccc4C)N(C(=O)C2)[C@@H]1C3. The number of rotatable bonds is 6. The van der Waals surface area contributed by atoms with E-state index in [0.29, 0.717) is 55.2 Å². The molecule has 2 fully saturated rings. The molecule has 1 aromatic carbocycles. The van der Waals surface area contributed by atoms with Gasteiger partial charge in [0.2, 0.25) is 5.91 Å². The fraction of sp³-hybridized carbons (Fsp3) is 0.421. The largest absolute Gasteiger partial charge is 0.424 e. The molecule has 0 radical (unpaired) electrons. The molecule has 49 heavy (non-hydrogen) atoms. The molecule has 3 atom stereocenters. The van der Waals surface area contributed by atoms with Crippen LogP contribution in [0.5, 0.6) is 11.8 Å². The molecule has 1 saturated heterocycles. The van der Waals surface area contributed by atoms with Crippen molar-refractivity contribution in [3.8, 4) is 11.8 Å². The van der Waals surface area contributed by atoms with Crippen LogP contribution in [0.3, 0.4) is 0 Å². The number of amides is 1. The van der Waals surface area contributed by atoms with Gasteiger partial charge in [0.25, 0.3) is 0 Å². The van der Waals surface area contributed by atoms with Crippen molar-refractivity contribution in [3.05, 3.63) is 82.6 Å². The lowest BCUT2D eigenvalue weighted by Gasteiger charge is -2.27. The average molecular weight is 661 g/mol. The standard InChI is InChI=1S/C38H40N6O5/c1-22-19-39-37(40-20-22)49-28-14-26-8-6-5-7-9-27(46)12-13-38-17-31(32(47)16-30-23(2)10-11-24(3)41-30)44(33(38)18-38)34(48)21-43-36(26)29(15-28)35(42-43)25(4)45/h5-6,10-11,14-15,19-20,31,33H,7-9,12-13,16-18,21H2,1-4H3/b6-5+/t31-,33+,38-/m0/s1. The van der Waals surface area contributed by atoms with Gasteiger partial charge in [0.05, 0.1) is 23.7 Å². The number of hydrogen-bond acceptors (Lipinski definition) is 9. The number of piperidine rings is 1. The predicted molar refractivity (Wildman–Crippen MR) is 181 cm³/mol. The minimum atomic E-state index is -0.622. The third-order valence-corrected chi connectivity index (χ3v) is 10.2. The Bertz CT molecular complexity index is 2030. The molecule has 1 amide bonds. The van der Waals surface area contributed by atoms with Crippen molar-refractivity contribution in [1.29, 1.82) is 0 Å². The zero-order valence-corrected chi connectivity index (χ0v) is 28.4. The molecule has 252 valence electrons. The molecule has 2 bridgehead atoms. The fourth-order valence-electron chi connectivity index (χ4n) is 7.57. The van der Waals surface area contributed by atoms with E-state index in [1.54, 1.807) is 28.0 Å². The number of carbonyl (C=O) groups excluding carboxylic acids is 4. The lowest BCUT2D eigenvalue weighted by molar-refractivity contribution is -0.139. The maximum atomic E-state index is 14.4. The first-order chi connectivity index (χ1) is 23.5. The van der Waals surface area contributed by atoms with E-state index < -0.39 is 6.04 Å². The topological polar surface area (TPSA) is 137 Å². The highest BCUT2D eigenvalue weighted by Crippen LogP contribution is 2.62. The van der Waals surface area contributed by atoms with E-state index in [2.05, 4.69) is 15.0 Å². The minimum absolute atomic E-state index is 0.0508. The summed E-state index contributed by atoms with van der Waals surface area (Å²) in [4.78, 5) is 69.2. The Kier molecular flexibility index (Phi) is 8.46. The van der Waals surface area contributed by atoms with Crippen LogP contribution in [0.1, 0.15) is 84.0 Å². The zero-order valence-electron chi connectivity index (χ0n) is 28.4. The van der Waals surface area contributed by atoms with Crippen molar-refractivity contribution in [2.45, 2.75) is 97.7 Å². The van der Waals surface area contributed by atoms with Crippen LogP contribution >= 0.6 is 0 Å². The number of nitrogens with zero attached hydrogens (tertiary/aromatic N) is 6. The van der Waals surface area contributed by atoms with E-state index in [-0.39, 0.29) is 59.4 Å². The number of ketones is 3. The van der Waals surface area contributed by atoms with Gasteiger partial charge in [0, 0.05) is 49.3 Å². The first-order valence-electron chi connectivity index (χ1n) is 17.0. The van der Waals surface area contributed by atoms with Gasteiger partial charge in [0.15, 0.2) is 11.6 Å². The number of Topliss-reactive ketones (excluding diaryl/α,β-unsaturated/α-hetero) is 3. The molecule has 2 aliphatic heterocycles. The predicted octanol–water partition coefficient (Wildman–Crippen LogP) is 5.55. The Morgan fingerprint density at radius 3 is 2.59 bits per heavy atom. The molecule has 0 unspecified atom stereocenters. The quantitative estimate of drug-likeness (QED) is 0.192. The lowest BCUT2D eigenvalue weighted by Crippen LogP contribution is -2.45. The zero-order chi connectivity index (χ0) is 34.4. The molecule has 11 nitrogen and oxygen atoms in total. The van der Waals surface area contributed by atoms with Gasteiger partial charge in [-0.15, -0.1) is 0 Å². The second-order valence-corrected chi connectivity index (χ2v) is 13.9. The molecule has 0 spiro atoms. The monoisotopic (exact) mass is 660 g/mol. The Labute approximate surface area is 284 Å². The molecule has 5 heterocycles. The third kappa shape index (κ3) is 6.41. The first kappa shape index (κ1) is 32.5. The van der Waals surface area contributed by atoms with Crippen LogP contribution in [-0.4, -0.2) is 65.0 Å². The lowest BCUT2D eigenvalue weighted by atomic mass is 9.90. The Morgan fingerprint density at radius 2 is 1.82 bits per heavy atom. The van der Waals surface area contributed by atoms with Gasteiger partial charge in [0.1, 0.15) is 23.8 Å². The van der Waals surface area contributed by atoms with E-state index in [9.17, 15) is 19.2 Å². The highest BCUT2D eigenvalue weighted by Gasteiger charge is 2.66. The summed E-state index contributed by atoms with van der Waals surface area (Å²) in [6, 6.07) is 6.89. The Balaban J connectivity index is 1.28. The molecule has 3 aliphatic rings. The number of aromatic nitrogens is 5. The van der Waals surface area contributed by atoms with Crippen molar-refractivity contribution >= 4 is 34.2 Å². The van der Waals surface area contributed by atoms with Crippen molar-refractivity contribution in [2.24, 2.45) is 5.41 Å². The molecular weight excluding hydrogens is 620 g/mol. The van der Waals surface area contributed by atoms with Crippen LogP contribution in [0.15, 0.2) is 48.8 Å². The van der Waals surface area contributed by atoms with Gasteiger partial charge in [-0.2, -0.15) is 5.10 Å². The Morgan fingerprint density at radius 1 is 1.02 bits per heavy atom. The number of hydrogen-bond donors (Lipinski definition) is 0. The summed E-state index contributed by atoms with van der Waals surface area (Å²) < 4.78 is 7.64. The molecule has 7 rings (SSSR count). The summed E-state index contributed by atoms with van der Waals surface area (Å²) >= 11 is 0. The molecule has 3 aromatic heterocycles. The van der Waals surface area contributed by atoms with Crippen LogP contribution in [0, 0.1) is 26.2 Å². The van der Waals surface area contributed by atoms with Crippen LogP contribution in [0.2, 0.25) is 0 Å². The van der Waals surface area contributed by atoms with Crippen LogP contribution in [0.25, 0.3) is 10.9 Å². The molecular formula is C38H40N6O5. The summed E-state index contributed by atoms with van der Waals surface area (Å²) in [6.07, 6.45) is 11.3. The summed E-state index contributed by atoms with van der Waals surface area (Å²) in [5.41, 5.74) is 4.79. The van der Waals surface area contributed by atoms with Crippen LogP contribution < -0.4 is 4.74 Å².